The first kappa shape index (κ1) is 20.6. The van der Waals surface area contributed by atoms with Gasteiger partial charge in [-0.2, -0.15) is 4.89 Å². The fraction of sp³-hybridized carbons (Fsp3) is 0.565. The van der Waals surface area contributed by atoms with Crippen molar-refractivity contribution in [3.05, 3.63) is 35.9 Å². The summed E-state index contributed by atoms with van der Waals surface area (Å²) in [6, 6.07) is 5.42. The van der Waals surface area contributed by atoms with Gasteiger partial charge in [-0.3, -0.25) is 9.59 Å². The Morgan fingerprint density at radius 1 is 1.04 bits per heavy atom. The predicted octanol–water partition coefficient (Wildman–Crippen LogP) is 5.01. The van der Waals surface area contributed by atoms with Crippen LogP contribution in [0.5, 0.6) is 5.75 Å². The molecule has 28 heavy (non-hydrogen) atoms. The van der Waals surface area contributed by atoms with Crippen LogP contribution in [0.1, 0.15) is 65.4 Å². The van der Waals surface area contributed by atoms with Crippen LogP contribution in [-0.2, 0) is 14.5 Å². The van der Waals surface area contributed by atoms with Gasteiger partial charge in [-0.15, -0.1) is 0 Å². The Morgan fingerprint density at radius 3 is 2.32 bits per heavy atom. The van der Waals surface area contributed by atoms with Crippen LogP contribution in [-0.4, -0.2) is 17.9 Å². The van der Waals surface area contributed by atoms with E-state index in [4.69, 9.17) is 9.78 Å². The fourth-order valence-electron chi connectivity index (χ4n) is 4.36. The Hall–Kier alpha value is -2.14. The first-order valence-electron chi connectivity index (χ1n) is 10.3. The van der Waals surface area contributed by atoms with E-state index in [-0.39, 0.29) is 23.8 Å². The van der Waals surface area contributed by atoms with E-state index in [0.29, 0.717) is 29.2 Å². The third kappa shape index (κ3) is 4.14. The van der Waals surface area contributed by atoms with Gasteiger partial charge in [-0.05, 0) is 48.6 Å². The Morgan fingerprint density at radius 2 is 1.71 bits per heavy atom. The molecule has 1 aliphatic heterocycles. The van der Waals surface area contributed by atoms with Crippen LogP contribution in [0.15, 0.2) is 30.4 Å². The molecule has 0 spiro atoms. The minimum atomic E-state index is -0.328. The van der Waals surface area contributed by atoms with Crippen LogP contribution >= 0.6 is 0 Å². The third-order valence-electron chi connectivity index (χ3n) is 5.89. The number of amides is 2. The molecule has 3 rings (SSSR count). The average Bonchev–Trinajstić information content (AvgIpc) is 2.97. The normalized spacial score (nSPS) is 25.2. The second-order valence-electron chi connectivity index (χ2n) is 8.73. The van der Waals surface area contributed by atoms with Gasteiger partial charge in [0.2, 0.25) is 0 Å². The van der Waals surface area contributed by atoms with Crippen molar-refractivity contribution in [3.8, 4) is 5.75 Å². The SMILES string of the molecule is CC1CCC(C(C)C)C(OOc2cccc(N3C(=O)C=CC3=O)c2C(C)C)C1. The molecule has 0 radical (unpaired) electrons. The standard InChI is InChI=1S/C23H31NO4/c1-14(2)17-10-9-16(5)13-20(17)28-27-19-8-6-7-18(23(19)15(3)4)24-21(25)11-12-22(24)26/h6-8,11-12,14-17,20H,9-10,13H2,1-5H3. The van der Waals surface area contributed by atoms with Crippen molar-refractivity contribution in [3.63, 3.8) is 0 Å². The van der Waals surface area contributed by atoms with Crippen LogP contribution < -0.4 is 9.79 Å². The lowest BCUT2D eigenvalue weighted by Crippen LogP contribution is -2.35. The number of imide groups is 1. The van der Waals surface area contributed by atoms with Gasteiger partial charge >= 0.3 is 0 Å². The summed E-state index contributed by atoms with van der Waals surface area (Å²) in [6.07, 6.45) is 5.99. The molecule has 1 saturated carbocycles. The van der Waals surface area contributed by atoms with Gasteiger partial charge < -0.3 is 4.89 Å². The Balaban J connectivity index is 1.85. The van der Waals surface area contributed by atoms with Crippen LogP contribution in [0.2, 0.25) is 0 Å². The lowest BCUT2D eigenvalue weighted by atomic mass is 9.75. The van der Waals surface area contributed by atoms with Crippen LogP contribution in [0.25, 0.3) is 0 Å². The molecule has 1 aromatic carbocycles. The van der Waals surface area contributed by atoms with Gasteiger partial charge in [-0.1, -0.05) is 47.1 Å². The number of benzene rings is 1. The number of hydrogen-bond donors (Lipinski definition) is 0. The van der Waals surface area contributed by atoms with E-state index in [1.54, 1.807) is 12.1 Å². The monoisotopic (exact) mass is 385 g/mol. The molecule has 3 unspecified atom stereocenters. The van der Waals surface area contributed by atoms with E-state index < -0.39 is 0 Å². The maximum absolute atomic E-state index is 12.2. The smallest absolute Gasteiger partial charge is 0.258 e. The number of carbonyl (C=O) groups excluding carboxylic acids is 2. The van der Waals surface area contributed by atoms with Crippen molar-refractivity contribution in [2.75, 3.05) is 4.90 Å². The first-order valence-corrected chi connectivity index (χ1v) is 10.3. The van der Waals surface area contributed by atoms with Crippen molar-refractivity contribution >= 4 is 17.5 Å². The Kier molecular flexibility index (Phi) is 6.23. The second-order valence-corrected chi connectivity index (χ2v) is 8.73. The van der Waals surface area contributed by atoms with Gasteiger partial charge in [-0.25, -0.2) is 4.90 Å². The summed E-state index contributed by atoms with van der Waals surface area (Å²) in [4.78, 5) is 37.4. The van der Waals surface area contributed by atoms with Crippen LogP contribution in [0, 0.1) is 17.8 Å². The minimum absolute atomic E-state index is 0.0455. The van der Waals surface area contributed by atoms with Gasteiger partial charge in [0, 0.05) is 17.7 Å². The van der Waals surface area contributed by atoms with Crippen molar-refractivity contribution in [2.24, 2.45) is 17.8 Å². The molecule has 2 aliphatic rings. The number of nitrogens with zero attached hydrogens (tertiary/aromatic N) is 1. The zero-order valence-corrected chi connectivity index (χ0v) is 17.5. The molecule has 1 aromatic rings. The molecule has 1 fully saturated rings. The maximum Gasteiger partial charge on any atom is 0.258 e. The highest BCUT2D eigenvalue weighted by atomic mass is 17.2. The summed E-state index contributed by atoms with van der Waals surface area (Å²) < 4.78 is 0. The van der Waals surface area contributed by atoms with Crippen molar-refractivity contribution < 1.29 is 19.4 Å². The predicted molar refractivity (Wildman–Crippen MR) is 109 cm³/mol. The molecule has 3 atom stereocenters. The van der Waals surface area contributed by atoms with Gasteiger partial charge in [0.15, 0.2) is 5.75 Å². The minimum Gasteiger partial charge on any atom is -0.337 e. The molecule has 5 nitrogen and oxygen atoms in total. The van der Waals surface area contributed by atoms with Gasteiger partial charge in [0.05, 0.1) is 5.69 Å². The molecule has 0 aromatic heterocycles. The Bertz CT molecular complexity index is 750. The third-order valence-corrected chi connectivity index (χ3v) is 5.89. The molecule has 152 valence electrons. The zero-order chi connectivity index (χ0) is 20.4. The van der Waals surface area contributed by atoms with E-state index in [1.165, 1.54) is 23.5 Å². The maximum atomic E-state index is 12.2. The van der Waals surface area contributed by atoms with E-state index >= 15 is 0 Å². The molecule has 5 heteroatoms. The lowest BCUT2D eigenvalue weighted by Gasteiger charge is -2.36. The molecule has 0 saturated heterocycles. The van der Waals surface area contributed by atoms with Crippen molar-refractivity contribution in [1.29, 1.82) is 0 Å². The highest BCUT2D eigenvalue weighted by Gasteiger charge is 2.34. The molecule has 1 aliphatic carbocycles. The molecule has 0 bridgehead atoms. The highest BCUT2D eigenvalue weighted by molar-refractivity contribution is 6.28. The second kappa shape index (κ2) is 8.48. The summed E-state index contributed by atoms with van der Waals surface area (Å²) in [6.45, 7) is 10.8. The Labute approximate surface area is 167 Å². The zero-order valence-electron chi connectivity index (χ0n) is 17.5. The first-order chi connectivity index (χ1) is 13.3. The number of anilines is 1. The molecular weight excluding hydrogens is 354 g/mol. The molecule has 1 heterocycles. The van der Waals surface area contributed by atoms with Crippen molar-refractivity contribution in [1.82, 2.24) is 0 Å². The van der Waals surface area contributed by atoms with Crippen LogP contribution in [0.3, 0.4) is 0 Å². The molecule has 0 N–H and O–H groups in total. The number of carbonyl (C=O) groups is 2. The lowest BCUT2D eigenvalue weighted by molar-refractivity contribution is -0.270. The van der Waals surface area contributed by atoms with E-state index in [1.807, 2.05) is 19.9 Å². The number of rotatable bonds is 6. The number of hydrogen-bond acceptors (Lipinski definition) is 4. The van der Waals surface area contributed by atoms with E-state index in [9.17, 15) is 9.59 Å². The van der Waals surface area contributed by atoms with E-state index in [0.717, 1.165) is 18.4 Å². The van der Waals surface area contributed by atoms with E-state index in [2.05, 4.69) is 20.8 Å². The van der Waals surface area contributed by atoms with Crippen LogP contribution in [0.4, 0.5) is 5.69 Å². The highest BCUT2D eigenvalue weighted by Crippen LogP contribution is 2.39. The average molecular weight is 386 g/mol. The summed E-state index contributed by atoms with van der Waals surface area (Å²) in [5, 5.41) is 0. The largest absolute Gasteiger partial charge is 0.337 e. The summed E-state index contributed by atoms with van der Waals surface area (Å²) in [5.41, 5.74) is 1.37. The van der Waals surface area contributed by atoms with Gasteiger partial charge in [0.25, 0.3) is 11.8 Å². The molecule has 2 amide bonds. The summed E-state index contributed by atoms with van der Waals surface area (Å²) >= 11 is 0. The topological polar surface area (TPSA) is 55.8 Å². The summed E-state index contributed by atoms with van der Waals surface area (Å²) in [5.74, 6) is 1.58. The molecular formula is C23H31NO4. The quantitative estimate of drug-likeness (QED) is 0.392. The van der Waals surface area contributed by atoms with Crippen molar-refractivity contribution in [2.45, 2.75) is 65.9 Å². The fourth-order valence-corrected chi connectivity index (χ4v) is 4.36. The summed E-state index contributed by atoms with van der Waals surface area (Å²) in [7, 11) is 0. The van der Waals surface area contributed by atoms with Gasteiger partial charge in [0.1, 0.15) is 6.10 Å².